The number of benzene rings is 2. The number of aliphatic hydroxyl groups is 1. The highest BCUT2D eigenvalue weighted by atomic mass is 16.3. The standard InChI is InChI=1S/C15H17N3O2.C15H15N3O/c1-10-2-4-12(5-3-10)13(19)8-11-6-7-17-14(9-11)18-15(16)20;1-11-2-4-12(5-3-11)6-7-13-8-9-17-14(10-13)18-15(16)19/h2-7,9,13,19H,8H2,1H3,(H3,16,17,18,20);2-10H,1H3,(H3,16,17,18,19)/b;7-6+. The van der Waals surface area contributed by atoms with E-state index in [2.05, 4.69) is 51.8 Å². The number of carbonyl (C=O) groups is 2. The lowest BCUT2D eigenvalue weighted by Crippen LogP contribution is -2.20. The van der Waals surface area contributed by atoms with Gasteiger partial charge in [0.1, 0.15) is 11.6 Å². The van der Waals surface area contributed by atoms with Crippen molar-refractivity contribution in [3.63, 3.8) is 0 Å². The van der Waals surface area contributed by atoms with E-state index in [1.807, 2.05) is 49.4 Å². The second kappa shape index (κ2) is 14.1. The van der Waals surface area contributed by atoms with Crippen molar-refractivity contribution in [3.8, 4) is 0 Å². The van der Waals surface area contributed by atoms with E-state index >= 15 is 0 Å². The molecular weight excluding hydrogens is 492 g/mol. The van der Waals surface area contributed by atoms with Crippen LogP contribution < -0.4 is 22.1 Å². The molecule has 9 nitrogen and oxygen atoms in total. The molecule has 200 valence electrons. The Balaban J connectivity index is 0.000000216. The Morgan fingerprint density at radius 1 is 0.769 bits per heavy atom. The number of hydrogen-bond donors (Lipinski definition) is 5. The van der Waals surface area contributed by atoms with E-state index in [1.165, 1.54) is 5.56 Å². The number of anilines is 2. The summed E-state index contributed by atoms with van der Waals surface area (Å²) in [5.41, 5.74) is 16.3. The van der Waals surface area contributed by atoms with Crippen LogP contribution in [0.15, 0.2) is 85.2 Å². The topological polar surface area (TPSA) is 156 Å². The zero-order valence-electron chi connectivity index (χ0n) is 21.8. The van der Waals surface area contributed by atoms with Gasteiger partial charge in [0.2, 0.25) is 0 Å². The number of nitrogens with zero attached hydrogens (tertiary/aromatic N) is 2. The fraction of sp³-hybridized carbons (Fsp3) is 0.133. The second-order valence-corrected chi connectivity index (χ2v) is 8.88. The number of hydrogen-bond acceptors (Lipinski definition) is 5. The predicted octanol–water partition coefficient (Wildman–Crippen LogP) is 5.21. The molecule has 0 saturated carbocycles. The van der Waals surface area contributed by atoms with Crippen LogP contribution in [0.1, 0.15) is 39.5 Å². The molecule has 7 N–H and O–H groups in total. The summed E-state index contributed by atoms with van der Waals surface area (Å²) >= 11 is 0. The number of aromatic nitrogens is 2. The van der Waals surface area contributed by atoms with Crippen molar-refractivity contribution < 1.29 is 14.7 Å². The van der Waals surface area contributed by atoms with Gasteiger partial charge in [-0.15, -0.1) is 0 Å². The zero-order valence-corrected chi connectivity index (χ0v) is 21.8. The van der Waals surface area contributed by atoms with Gasteiger partial charge in [0.15, 0.2) is 0 Å². The van der Waals surface area contributed by atoms with E-state index in [9.17, 15) is 14.7 Å². The van der Waals surface area contributed by atoms with E-state index in [0.717, 1.165) is 27.8 Å². The highest BCUT2D eigenvalue weighted by molar-refractivity contribution is 5.87. The molecule has 0 fully saturated rings. The molecule has 0 bridgehead atoms. The van der Waals surface area contributed by atoms with E-state index in [-0.39, 0.29) is 0 Å². The summed E-state index contributed by atoms with van der Waals surface area (Å²) in [6.45, 7) is 4.05. The minimum Gasteiger partial charge on any atom is -0.388 e. The monoisotopic (exact) mass is 524 g/mol. The number of aliphatic hydroxyl groups excluding tert-OH is 1. The van der Waals surface area contributed by atoms with Crippen molar-refractivity contribution in [2.75, 3.05) is 10.6 Å². The maximum absolute atomic E-state index is 10.8. The smallest absolute Gasteiger partial charge is 0.317 e. The number of pyridine rings is 2. The van der Waals surface area contributed by atoms with Crippen molar-refractivity contribution in [1.29, 1.82) is 0 Å². The van der Waals surface area contributed by atoms with Crippen LogP contribution in [0, 0.1) is 13.8 Å². The second-order valence-electron chi connectivity index (χ2n) is 8.88. The Morgan fingerprint density at radius 3 is 1.87 bits per heavy atom. The molecule has 1 unspecified atom stereocenters. The fourth-order valence-electron chi connectivity index (χ4n) is 3.54. The van der Waals surface area contributed by atoms with Crippen LogP contribution in [-0.4, -0.2) is 27.1 Å². The molecule has 0 saturated heterocycles. The van der Waals surface area contributed by atoms with Gasteiger partial charge >= 0.3 is 12.1 Å². The van der Waals surface area contributed by atoms with E-state index in [4.69, 9.17) is 11.5 Å². The summed E-state index contributed by atoms with van der Waals surface area (Å²) in [5, 5.41) is 15.1. The summed E-state index contributed by atoms with van der Waals surface area (Å²) in [6, 6.07) is 21.8. The first-order chi connectivity index (χ1) is 18.7. The highest BCUT2D eigenvalue weighted by Gasteiger charge is 2.09. The molecule has 39 heavy (non-hydrogen) atoms. The molecule has 0 aliphatic rings. The van der Waals surface area contributed by atoms with E-state index in [0.29, 0.717) is 18.1 Å². The maximum Gasteiger partial charge on any atom is 0.317 e. The highest BCUT2D eigenvalue weighted by Crippen LogP contribution is 2.20. The molecule has 9 heteroatoms. The number of nitrogens with one attached hydrogen (secondary N) is 2. The molecule has 0 radical (unpaired) electrons. The maximum atomic E-state index is 10.8. The van der Waals surface area contributed by atoms with Gasteiger partial charge in [-0.25, -0.2) is 19.6 Å². The number of amides is 4. The van der Waals surface area contributed by atoms with Gasteiger partial charge in [0.25, 0.3) is 0 Å². The van der Waals surface area contributed by atoms with Gasteiger partial charge in [-0.3, -0.25) is 10.6 Å². The molecule has 4 aromatic rings. The Hall–Kier alpha value is -5.02. The third kappa shape index (κ3) is 10.1. The Bertz CT molecular complexity index is 1420. The lowest BCUT2D eigenvalue weighted by molar-refractivity contribution is 0.178. The van der Waals surface area contributed by atoms with Gasteiger partial charge in [-0.2, -0.15) is 0 Å². The molecule has 2 heterocycles. The van der Waals surface area contributed by atoms with Gasteiger partial charge in [0, 0.05) is 18.8 Å². The van der Waals surface area contributed by atoms with Crippen molar-refractivity contribution in [1.82, 2.24) is 9.97 Å². The van der Waals surface area contributed by atoms with Crippen LogP contribution in [-0.2, 0) is 6.42 Å². The SMILES string of the molecule is Cc1ccc(/C=C/c2ccnc(NC(N)=O)c2)cc1.Cc1ccc(C(O)Cc2ccnc(NC(N)=O)c2)cc1. The van der Waals surface area contributed by atoms with Crippen LogP contribution >= 0.6 is 0 Å². The van der Waals surface area contributed by atoms with E-state index < -0.39 is 18.2 Å². The molecular formula is C30H32N6O3. The summed E-state index contributed by atoms with van der Waals surface area (Å²) in [7, 11) is 0. The minimum absolute atomic E-state index is 0.381. The lowest BCUT2D eigenvalue weighted by atomic mass is 10.0. The summed E-state index contributed by atoms with van der Waals surface area (Å²) in [4.78, 5) is 29.5. The molecule has 0 aliphatic heterocycles. The first kappa shape index (κ1) is 28.5. The summed E-state index contributed by atoms with van der Waals surface area (Å²) in [6.07, 6.45) is 7.00. The molecule has 0 aliphatic carbocycles. The van der Waals surface area contributed by atoms with Crippen molar-refractivity contribution >= 4 is 35.8 Å². The molecule has 4 amide bonds. The van der Waals surface area contributed by atoms with Gasteiger partial charge < -0.3 is 16.6 Å². The van der Waals surface area contributed by atoms with Crippen molar-refractivity contribution in [2.45, 2.75) is 26.4 Å². The van der Waals surface area contributed by atoms with Crippen LogP contribution in [0.5, 0.6) is 0 Å². The fourth-order valence-corrected chi connectivity index (χ4v) is 3.54. The number of aryl methyl sites for hydroxylation is 2. The Labute approximate surface area is 227 Å². The van der Waals surface area contributed by atoms with Gasteiger partial charge in [-0.1, -0.05) is 71.8 Å². The van der Waals surface area contributed by atoms with Gasteiger partial charge in [0.05, 0.1) is 6.10 Å². The molecule has 1 atom stereocenters. The number of primary amides is 2. The predicted molar refractivity (Wildman–Crippen MR) is 155 cm³/mol. The first-order valence-electron chi connectivity index (χ1n) is 12.2. The van der Waals surface area contributed by atoms with Crippen LogP contribution in [0.2, 0.25) is 0 Å². The minimum atomic E-state index is -0.659. The largest absolute Gasteiger partial charge is 0.388 e. The van der Waals surface area contributed by atoms with Crippen molar-refractivity contribution in [2.24, 2.45) is 11.5 Å². The number of nitrogens with two attached hydrogens (primary N) is 2. The normalized spacial score (nSPS) is 11.3. The molecule has 2 aromatic carbocycles. The van der Waals surface area contributed by atoms with Crippen LogP contribution in [0.3, 0.4) is 0 Å². The first-order valence-corrected chi connectivity index (χ1v) is 12.2. The third-order valence-corrected chi connectivity index (χ3v) is 5.55. The Morgan fingerprint density at radius 2 is 1.28 bits per heavy atom. The number of rotatable bonds is 7. The molecule has 4 rings (SSSR count). The third-order valence-electron chi connectivity index (χ3n) is 5.55. The molecule has 0 spiro atoms. The van der Waals surface area contributed by atoms with Crippen molar-refractivity contribution in [3.05, 3.63) is 119 Å². The number of urea groups is 2. The van der Waals surface area contributed by atoms with E-state index in [1.54, 1.807) is 30.6 Å². The summed E-state index contributed by atoms with van der Waals surface area (Å²) < 4.78 is 0. The van der Waals surface area contributed by atoms with Crippen LogP contribution in [0.25, 0.3) is 12.2 Å². The lowest BCUT2D eigenvalue weighted by Gasteiger charge is -2.12. The average Bonchev–Trinajstić information content (AvgIpc) is 2.89. The summed E-state index contributed by atoms with van der Waals surface area (Å²) in [5.74, 6) is 0.824. The quantitative estimate of drug-likeness (QED) is 0.224. The number of carbonyl (C=O) groups excluding carboxylic acids is 2. The average molecular weight is 525 g/mol. The van der Waals surface area contributed by atoms with Gasteiger partial charge in [-0.05, 0) is 60.4 Å². The molecule has 2 aromatic heterocycles. The Kier molecular flexibility index (Phi) is 10.3. The van der Waals surface area contributed by atoms with Crippen LogP contribution in [0.4, 0.5) is 21.2 Å². The zero-order chi connectivity index (χ0) is 28.2.